The van der Waals surface area contributed by atoms with Crippen molar-refractivity contribution >= 4 is 10.9 Å². The number of aromatic nitrogens is 1. The Morgan fingerprint density at radius 2 is 2.14 bits per heavy atom. The molecule has 1 aromatic heterocycles. The van der Waals surface area contributed by atoms with Crippen LogP contribution in [0.4, 0.5) is 0 Å². The van der Waals surface area contributed by atoms with Crippen LogP contribution >= 0.6 is 0 Å². The fourth-order valence-electron chi connectivity index (χ4n) is 3.39. The maximum Gasteiger partial charge on any atom is 0.100 e. The summed E-state index contributed by atoms with van der Waals surface area (Å²) in [6, 6.07) is 6.39. The number of hydrogen-bond acceptors (Lipinski definition) is 3. The number of aliphatic hydroxyl groups is 2. The zero-order valence-electron chi connectivity index (χ0n) is 12.8. The Kier molecular flexibility index (Phi) is 3.78. The van der Waals surface area contributed by atoms with Gasteiger partial charge < -0.3 is 15.2 Å². The van der Waals surface area contributed by atoms with E-state index in [1.807, 2.05) is 0 Å². The second-order valence-corrected chi connectivity index (χ2v) is 6.41. The Labute approximate surface area is 125 Å². The lowest BCUT2D eigenvalue weighted by atomic mass is 9.93. The molecule has 3 rings (SSSR count). The number of likely N-dealkylation sites (tertiary alicyclic amines) is 1. The normalized spacial score (nSPS) is 23.8. The molecule has 0 aliphatic carbocycles. The summed E-state index contributed by atoms with van der Waals surface area (Å²) in [5.74, 6) is 0. The molecule has 2 heterocycles. The van der Waals surface area contributed by atoms with E-state index in [0.717, 1.165) is 19.5 Å². The zero-order chi connectivity index (χ0) is 15.0. The second kappa shape index (κ2) is 5.44. The largest absolute Gasteiger partial charge is 0.393 e. The van der Waals surface area contributed by atoms with Gasteiger partial charge in [0.05, 0.1) is 12.1 Å². The van der Waals surface area contributed by atoms with Crippen molar-refractivity contribution in [3.05, 3.63) is 35.0 Å². The molecule has 1 aromatic carbocycles. The van der Waals surface area contributed by atoms with E-state index in [-0.39, 0.29) is 6.61 Å². The van der Waals surface area contributed by atoms with E-state index in [1.165, 1.54) is 27.7 Å². The minimum absolute atomic E-state index is 0.158. The van der Waals surface area contributed by atoms with Crippen molar-refractivity contribution in [2.24, 2.45) is 0 Å². The van der Waals surface area contributed by atoms with Crippen LogP contribution in [0.5, 0.6) is 0 Å². The lowest BCUT2D eigenvalue weighted by Gasteiger charge is -2.38. The molecule has 3 N–H and O–H groups in total. The molecule has 0 saturated carbocycles. The molecule has 4 heteroatoms. The number of para-hydroxylation sites is 1. The molecule has 21 heavy (non-hydrogen) atoms. The average molecular weight is 288 g/mol. The topological polar surface area (TPSA) is 59.5 Å². The highest BCUT2D eigenvalue weighted by Crippen LogP contribution is 2.27. The summed E-state index contributed by atoms with van der Waals surface area (Å²) in [7, 11) is 0. The van der Waals surface area contributed by atoms with Gasteiger partial charge in [-0.15, -0.1) is 0 Å². The average Bonchev–Trinajstić information content (AvgIpc) is 2.76. The summed E-state index contributed by atoms with van der Waals surface area (Å²) >= 11 is 0. The van der Waals surface area contributed by atoms with Crippen molar-refractivity contribution < 1.29 is 10.2 Å². The molecule has 2 aromatic rings. The van der Waals surface area contributed by atoms with E-state index in [1.54, 1.807) is 0 Å². The first kappa shape index (κ1) is 14.6. The van der Waals surface area contributed by atoms with Crippen molar-refractivity contribution in [2.75, 3.05) is 19.7 Å². The Bertz CT molecular complexity index is 650. The second-order valence-electron chi connectivity index (χ2n) is 6.41. The SMILES string of the molecule is Cc1[nH]c2c(CN3CCC[C@](O)(CO)C3)cccc2c1C. The third-order valence-electron chi connectivity index (χ3n) is 4.75. The number of benzene rings is 1. The molecule has 0 unspecified atom stereocenters. The van der Waals surface area contributed by atoms with Crippen LogP contribution in [0.2, 0.25) is 0 Å². The van der Waals surface area contributed by atoms with Gasteiger partial charge in [-0.05, 0) is 44.4 Å². The first-order valence-electron chi connectivity index (χ1n) is 7.65. The lowest BCUT2D eigenvalue weighted by molar-refractivity contribution is -0.0686. The molecular weight excluding hydrogens is 264 g/mol. The van der Waals surface area contributed by atoms with E-state index >= 15 is 0 Å². The van der Waals surface area contributed by atoms with Crippen LogP contribution in [0.25, 0.3) is 10.9 Å². The predicted molar refractivity (Wildman–Crippen MR) is 84.3 cm³/mol. The molecular formula is C17H24N2O2. The van der Waals surface area contributed by atoms with Crippen molar-refractivity contribution in [3.8, 4) is 0 Å². The quantitative estimate of drug-likeness (QED) is 0.810. The Balaban J connectivity index is 1.87. The number of aliphatic hydroxyl groups excluding tert-OH is 1. The van der Waals surface area contributed by atoms with Crippen LogP contribution in [0, 0.1) is 13.8 Å². The van der Waals surface area contributed by atoms with Crippen molar-refractivity contribution in [1.82, 2.24) is 9.88 Å². The molecule has 1 saturated heterocycles. The van der Waals surface area contributed by atoms with E-state index in [9.17, 15) is 10.2 Å². The summed E-state index contributed by atoms with van der Waals surface area (Å²) in [5, 5.41) is 20.9. The maximum absolute atomic E-state index is 10.3. The van der Waals surface area contributed by atoms with Gasteiger partial charge in [-0.1, -0.05) is 18.2 Å². The van der Waals surface area contributed by atoms with Crippen molar-refractivity contribution in [3.63, 3.8) is 0 Å². The number of nitrogens with zero attached hydrogens (tertiary/aromatic N) is 1. The van der Waals surface area contributed by atoms with Crippen LogP contribution in [0.3, 0.4) is 0 Å². The summed E-state index contributed by atoms with van der Waals surface area (Å²) in [6.07, 6.45) is 1.61. The van der Waals surface area contributed by atoms with Gasteiger partial charge in [0, 0.05) is 24.2 Å². The van der Waals surface area contributed by atoms with Crippen LogP contribution in [0.1, 0.15) is 29.7 Å². The Morgan fingerprint density at radius 3 is 2.90 bits per heavy atom. The van der Waals surface area contributed by atoms with Gasteiger partial charge in [0.2, 0.25) is 0 Å². The molecule has 1 aliphatic heterocycles. The first-order chi connectivity index (χ1) is 10.0. The van der Waals surface area contributed by atoms with Gasteiger partial charge in [0.1, 0.15) is 5.60 Å². The summed E-state index contributed by atoms with van der Waals surface area (Å²) in [5.41, 5.74) is 4.03. The van der Waals surface area contributed by atoms with Crippen LogP contribution < -0.4 is 0 Å². The van der Waals surface area contributed by atoms with E-state index in [2.05, 4.69) is 41.9 Å². The molecule has 1 atom stereocenters. The summed E-state index contributed by atoms with van der Waals surface area (Å²) in [6.45, 7) is 6.40. The van der Waals surface area contributed by atoms with Gasteiger partial charge in [0.15, 0.2) is 0 Å². The number of aromatic amines is 1. The standard InChI is InChI=1S/C17H24N2O2/c1-12-13(2)18-16-14(5-3-6-15(12)16)9-19-8-4-7-17(21,10-19)11-20/h3,5-6,18,20-21H,4,7-11H2,1-2H3/t17-/m1/s1. The number of aryl methyl sites for hydroxylation is 2. The number of rotatable bonds is 3. The van der Waals surface area contributed by atoms with Gasteiger partial charge in [0.25, 0.3) is 0 Å². The Morgan fingerprint density at radius 1 is 1.33 bits per heavy atom. The van der Waals surface area contributed by atoms with E-state index in [0.29, 0.717) is 13.0 Å². The number of hydrogen-bond donors (Lipinski definition) is 3. The third kappa shape index (κ3) is 2.71. The van der Waals surface area contributed by atoms with Gasteiger partial charge in [-0.3, -0.25) is 4.90 Å². The van der Waals surface area contributed by atoms with Crippen LogP contribution in [0.15, 0.2) is 18.2 Å². The number of nitrogens with one attached hydrogen (secondary N) is 1. The zero-order valence-corrected chi connectivity index (χ0v) is 12.8. The lowest BCUT2D eigenvalue weighted by Crippen LogP contribution is -2.50. The van der Waals surface area contributed by atoms with Crippen LogP contribution in [-0.2, 0) is 6.54 Å². The molecule has 4 nitrogen and oxygen atoms in total. The minimum Gasteiger partial charge on any atom is -0.393 e. The fourth-order valence-corrected chi connectivity index (χ4v) is 3.39. The highest BCUT2D eigenvalue weighted by atomic mass is 16.3. The molecule has 0 radical (unpaired) electrons. The fraction of sp³-hybridized carbons (Fsp3) is 0.529. The smallest absolute Gasteiger partial charge is 0.100 e. The number of β-amino-alcohol motifs (C(OH)–C–C–N with tert-alkyl or cyclic N) is 1. The van der Waals surface area contributed by atoms with E-state index < -0.39 is 5.60 Å². The van der Waals surface area contributed by atoms with Gasteiger partial charge >= 0.3 is 0 Å². The number of piperidine rings is 1. The van der Waals surface area contributed by atoms with Crippen molar-refractivity contribution in [1.29, 1.82) is 0 Å². The third-order valence-corrected chi connectivity index (χ3v) is 4.75. The van der Waals surface area contributed by atoms with Gasteiger partial charge in [-0.2, -0.15) is 0 Å². The summed E-state index contributed by atoms with van der Waals surface area (Å²) < 4.78 is 0. The Hall–Kier alpha value is -1.36. The predicted octanol–water partition coefficient (Wildman–Crippen LogP) is 2.10. The van der Waals surface area contributed by atoms with Crippen LogP contribution in [-0.4, -0.2) is 45.4 Å². The molecule has 1 aliphatic rings. The highest BCUT2D eigenvalue weighted by molar-refractivity contribution is 5.87. The molecule has 114 valence electrons. The minimum atomic E-state index is -0.937. The van der Waals surface area contributed by atoms with E-state index in [4.69, 9.17) is 0 Å². The number of H-pyrrole nitrogens is 1. The molecule has 0 bridgehead atoms. The summed E-state index contributed by atoms with van der Waals surface area (Å²) in [4.78, 5) is 5.72. The van der Waals surface area contributed by atoms with Crippen molar-refractivity contribution in [2.45, 2.75) is 38.8 Å². The first-order valence-corrected chi connectivity index (χ1v) is 7.65. The molecule has 0 spiro atoms. The maximum atomic E-state index is 10.3. The molecule has 0 amide bonds. The monoisotopic (exact) mass is 288 g/mol. The highest BCUT2D eigenvalue weighted by Gasteiger charge is 2.32. The van der Waals surface area contributed by atoms with Gasteiger partial charge in [-0.25, -0.2) is 0 Å². The molecule has 1 fully saturated rings. The number of fused-ring (bicyclic) bond motifs is 1.